The number of furan rings is 1. The molecule has 0 atom stereocenters. The number of carbonyl (C=O) groups is 2. The van der Waals surface area contributed by atoms with Gasteiger partial charge in [0.15, 0.2) is 4.88 Å². The predicted molar refractivity (Wildman–Crippen MR) is 198 cm³/mol. The number of aryl methyl sites for hydroxylation is 1. The second kappa shape index (κ2) is 13.4. The van der Waals surface area contributed by atoms with Crippen molar-refractivity contribution in [2.45, 2.75) is 26.9 Å². The number of hydrogen-bond donors (Lipinski definition) is 2. The van der Waals surface area contributed by atoms with Crippen LogP contribution in [0.5, 0.6) is 0 Å². The van der Waals surface area contributed by atoms with E-state index in [4.69, 9.17) is 4.42 Å². The molecule has 4 aromatic carbocycles. The first-order chi connectivity index (χ1) is 25.2. The molecule has 0 aliphatic heterocycles. The summed E-state index contributed by atoms with van der Waals surface area (Å²) in [6, 6.07) is 28.1. The summed E-state index contributed by atoms with van der Waals surface area (Å²) in [6.45, 7) is 4.62. The van der Waals surface area contributed by atoms with E-state index in [1.807, 2.05) is 81.0 Å². The van der Waals surface area contributed by atoms with Gasteiger partial charge < -0.3 is 24.2 Å². The Labute approximate surface area is 301 Å². The van der Waals surface area contributed by atoms with Crippen LogP contribution in [-0.2, 0) is 13.1 Å². The lowest BCUT2D eigenvalue weighted by atomic mass is 10.2. The molecule has 0 aliphatic rings. The molecule has 52 heavy (non-hydrogen) atoms. The van der Waals surface area contributed by atoms with Crippen LogP contribution in [0.4, 0.5) is 20.2 Å². The first kappa shape index (κ1) is 32.9. The van der Waals surface area contributed by atoms with Crippen LogP contribution in [0.2, 0.25) is 0 Å². The van der Waals surface area contributed by atoms with E-state index in [2.05, 4.69) is 10.6 Å². The number of nitrogens with one attached hydrogen (secondary N) is 2. The van der Waals surface area contributed by atoms with Gasteiger partial charge in [-0.25, -0.2) is 8.78 Å². The van der Waals surface area contributed by atoms with Crippen LogP contribution < -0.4 is 15.2 Å². The molecule has 0 unspecified atom stereocenters. The molecule has 0 radical (unpaired) electrons. The molecule has 0 saturated heterocycles. The molecular weight excluding hydrogens is 681 g/mol. The van der Waals surface area contributed by atoms with Crippen LogP contribution in [-0.4, -0.2) is 20.9 Å². The van der Waals surface area contributed by atoms with Crippen LogP contribution in [0.1, 0.15) is 42.6 Å². The van der Waals surface area contributed by atoms with Gasteiger partial charge in [-0.3, -0.25) is 9.59 Å². The number of halogens is 2. The molecule has 8 nitrogen and oxygen atoms in total. The van der Waals surface area contributed by atoms with E-state index in [1.54, 1.807) is 37.3 Å². The smallest absolute Gasteiger partial charge is 0.272 e. The molecule has 0 bridgehead atoms. The van der Waals surface area contributed by atoms with Crippen molar-refractivity contribution in [3.8, 4) is 5.69 Å². The first-order valence-electron chi connectivity index (χ1n) is 16.6. The predicted octanol–water partition coefficient (Wildman–Crippen LogP) is 9.02. The van der Waals surface area contributed by atoms with Gasteiger partial charge in [-0.1, -0.05) is 53.8 Å². The fraction of sp³-hybridized carbons (Fsp3) is 0.0976. The van der Waals surface area contributed by atoms with Crippen molar-refractivity contribution in [2.75, 3.05) is 10.6 Å². The maximum atomic E-state index is 13.8. The van der Waals surface area contributed by atoms with Crippen molar-refractivity contribution in [3.05, 3.63) is 166 Å². The van der Waals surface area contributed by atoms with Crippen molar-refractivity contribution < 1.29 is 27.4 Å². The van der Waals surface area contributed by atoms with E-state index < -0.39 is 0 Å². The van der Waals surface area contributed by atoms with Gasteiger partial charge in [0, 0.05) is 55.3 Å². The second-order valence-corrected chi connectivity index (χ2v) is 13.5. The Morgan fingerprint density at radius 1 is 0.731 bits per heavy atom. The highest BCUT2D eigenvalue weighted by Gasteiger charge is 2.25. The summed E-state index contributed by atoms with van der Waals surface area (Å²) >= 11 is 1.34. The number of para-hydroxylation sites is 1. The minimum absolute atomic E-state index is 0.235. The van der Waals surface area contributed by atoms with E-state index in [0.29, 0.717) is 40.7 Å². The fourth-order valence-electron chi connectivity index (χ4n) is 6.56. The molecular formula is C41H32F2N5O3S+. The van der Waals surface area contributed by atoms with Gasteiger partial charge in [0.05, 0.1) is 34.2 Å². The topological polar surface area (TPSA) is 85.1 Å². The van der Waals surface area contributed by atoms with E-state index >= 15 is 0 Å². The Balaban J connectivity index is 1.10. The SMILES string of the molecule is Cc1occc1C(=O)Nc1cn(Cc2ccc(F)cc2)c2ccc(-[n+]3csc(C(=O)Nc4cn(Cc5ccc(F)cc5)c5ccccc45)c3C)cc12. The summed E-state index contributed by atoms with van der Waals surface area (Å²) in [6.07, 6.45) is 5.27. The molecule has 2 amide bonds. The monoisotopic (exact) mass is 712 g/mol. The fourth-order valence-corrected chi connectivity index (χ4v) is 7.47. The van der Waals surface area contributed by atoms with Crippen LogP contribution >= 0.6 is 11.3 Å². The van der Waals surface area contributed by atoms with Crippen LogP contribution in [0.25, 0.3) is 27.5 Å². The zero-order chi connectivity index (χ0) is 35.9. The highest BCUT2D eigenvalue weighted by Crippen LogP contribution is 2.31. The molecule has 0 saturated carbocycles. The lowest BCUT2D eigenvalue weighted by Gasteiger charge is -2.06. The minimum atomic E-state index is -0.306. The van der Waals surface area contributed by atoms with Gasteiger partial charge in [-0.2, -0.15) is 4.57 Å². The van der Waals surface area contributed by atoms with Crippen LogP contribution in [0.15, 0.2) is 126 Å². The summed E-state index contributed by atoms with van der Waals surface area (Å²) in [7, 11) is 0. The number of rotatable bonds is 9. The maximum Gasteiger partial charge on any atom is 0.272 e. The van der Waals surface area contributed by atoms with E-state index in [9.17, 15) is 18.4 Å². The Morgan fingerprint density at radius 3 is 1.96 bits per heavy atom. The average Bonchev–Trinajstić information content (AvgIpc) is 3.92. The number of anilines is 2. The normalized spacial score (nSPS) is 11.4. The number of aromatic nitrogens is 3. The largest absolute Gasteiger partial charge is 0.469 e. The van der Waals surface area contributed by atoms with Gasteiger partial charge in [-0.15, -0.1) is 0 Å². The lowest BCUT2D eigenvalue weighted by molar-refractivity contribution is -0.597. The van der Waals surface area contributed by atoms with Crippen LogP contribution in [0.3, 0.4) is 0 Å². The van der Waals surface area contributed by atoms with E-state index in [0.717, 1.165) is 44.3 Å². The molecule has 8 rings (SSSR count). The van der Waals surface area contributed by atoms with Crippen LogP contribution in [0, 0.1) is 25.5 Å². The molecule has 11 heteroatoms. The Hall–Kier alpha value is -6.33. The highest BCUT2D eigenvalue weighted by molar-refractivity contribution is 7.11. The molecule has 0 fully saturated rings. The zero-order valence-corrected chi connectivity index (χ0v) is 29.0. The minimum Gasteiger partial charge on any atom is -0.469 e. The lowest BCUT2D eigenvalue weighted by Crippen LogP contribution is -2.32. The Kier molecular flexibility index (Phi) is 8.48. The standard InChI is InChI=1S/C41H31F2N5O3S/c1-25-39(41(50)45-35-22-46(37-6-4-3-5-33(35)37)20-27-7-11-29(42)12-8-27)52-24-48(25)31-15-16-38-34(19-31)36(44-40(49)32-17-18-51-26(32)2)23-47(38)21-28-9-13-30(43)14-10-28/h3-19,22-24H,20-21H2,1-2H3,(H-,44,45,49,50)/p+1. The summed E-state index contributed by atoms with van der Waals surface area (Å²) in [5, 5.41) is 7.88. The quantitative estimate of drug-likeness (QED) is 0.147. The summed E-state index contributed by atoms with van der Waals surface area (Å²) < 4.78 is 38.5. The number of fused-ring (bicyclic) bond motifs is 2. The van der Waals surface area contributed by atoms with Crippen molar-refractivity contribution in [2.24, 2.45) is 0 Å². The first-order valence-corrected chi connectivity index (χ1v) is 17.5. The molecule has 258 valence electrons. The van der Waals surface area contributed by atoms with Gasteiger partial charge in [0.1, 0.15) is 17.4 Å². The molecule has 8 aromatic rings. The van der Waals surface area contributed by atoms with E-state index in [-0.39, 0.29) is 23.4 Å². The molecule has 4 heterocycles. The van der Waals surface area contributed by atoms with Gasteiger partial charge >= 0.3 is 0 Å². The summed E-state index contributed by atoms with van der Waals surface area (Å²) in [5.41, 5.74) is 8.85. The number of thiazole rings is 1. The average molecular weight is 713 g/mol. The molecule has 0 aliphatic carbocycles. The number of carbonyl (C=O) groups excluding carboxylic acids is 2. The van der Waals surface area contributed by atoms with Crippen molar-refractivity contribution >= 4 is 56.3 Å². The van der Waals surface area contributed by atoms with Crippen molar-refractivity contribution in [3.63, 3.8) is 0 Å². The third-order valence-electron chi connectivity index (χ3n) is 9.24. The summed E-state index contributed by atoms with van der Waals surface area (Å²) in [4.78, 5) is 27.6. The third kappa shape index (κ3) is 6.26. The molecule has 4 aromatic heterocycles. The third-order valence-corrected chi connectivity index (χ3v) is 10.3. The number of nitrogens with zero attached hydrogens (tertiary/aromatic N) is 3. The maximum absolute atomic E-state index is 13.8. The van der Waals surface area contributed by atoms with Crippen molar-refractivity contribution in [1.82, 2.24) is 9.13 Å². The van der Waals surface area contributed by atoms with Crippen molar-refractivity contribution in [1.29, 1.82) is 0 Å². The number of amides is 2. The molecule has 2 N–H and O–H groups in total. The summed E-state index contributed by atoms with van der Waals surface area (Å²) in [5.74, 6) is -0.610. The number of hydrogen-bond acceptors (Lipinski definition) is 4. The highest BCUT2D eigenvalue weighted by atomic mass is 32.1. The van der Waals surface area contributed by atoms with Gasteiger partial charge in [-0.05, 0) is 60.5 Å². The van der Waals surface area contributed by atoms with E-state index in [1.165, 1.54) is 41.9 Å². The Bertz CT molecular complexity index is 2620. The number of benzene rings is 4. The van der Waals surface area contributed by atoms with Gasteiger partial charge in [0.25, 0.3) is 11.8 Å². The Morgan fingerprint density at radius 2 is 1.33 bits per heavy atom. The second-order valence-electron chi connectivity index (χ2n) is 12.6. The zero-order valence-electron chi connectivity index (χ0n) is 28.2. The van der Waals surface area contributed by atoms with Gasteiger partial charge in [0.2, 0.25) is 16.9 Å². The molecule has 0 spiro atoms.